The quantitative estimate of drug-likeness (QED) is 0.780. The highest BCUT2D eigenvalue weighted by Crippen LogP contribution is 2.51. The van der Waals surface area contributed by atoms with Gasteiger partial charge in [-0.05, 0) is 56.3 Å². The number of rotatable bonds is 2. The minimum atomic E-state index is -0.497. The Bertz CT molecular complexity index is 287. The Morgan fingerprint density at radius 1 is 1.19 bits per heavy atom. The van der Waals surface area contributed by atoms with Crippen LogP contribution in [0.25, 0.3) is 0 Å². The topological polar surface area (TPSA) is 37.3 Å². The molecule has 16 heavy (non-hydrogen) atoms. The van der Waals surface area contributed by atoms with Crippen molar-refractivity contribution < 1.29 is 9.90 Å². The molecule has 3 saturated carbocycles. The second kappa shape index (κ2) is 3.83. The monoisotopic (exact) mass is 222 g/mol. The summed E-state index contributed by atoms with van der Waals surface area (Å²) in [5.41, 5.74) is -0.497. The number of carbonyl (C=O) groups is 1. The van der Waals surface area contributed by atoms with Crippen molar-refractivity contribution in [3.8, 4) is 0 Å². The third-order valence-corrected chi connectivity index (χ3v) is 5.27. The van der Waals surface area contributed by atoms with Crippen LogP contribution in [0.15, 0.2) is 0 Å². The second-order valence-electron chi connectivity index (χ2n) is 6.40. The standard InChI is InChI=1S/C14H22O2/c15-13-3-5-14(16,6-4-13)9-12-8-10-1-2-11(12)7-10/h10-12,16H,1-9H2. The molecule has 3 unspecified atom stereocenters. The van der Waals surface area contributed by atoms with Crippen molar-refractivity contribution in [2.75, 3.05) is 0 Å². The lowest BCUT2D eigenvalue weighted by molar-refractivity contribution is -0.126. The Kier molecular flexibility index (Phi) is 2.58. The lowest BCUT2D eigenvalue weighted by Crippen LogP contribution is -2.37. The lowest BCUT2D eigenvalue weighted by Gasteiger charge is -2.36. The number of carbonyl (C=O) groups excluding carboxylic acids is 1. The van der Waals surface area contributed by atoms with Gasteiger partial charge in [-0.3, -0.25) is 4.79 Å². The van der Waals surface area contributed by atoms with Crippen LogP contribution in [0.5, 0.6) is 0 Å². The van der Waals surface area contributed by atoms with E-state index in [1.54, 1.807) is 0 Å². The van der Waals surface area contributed by atoms with E-state index in [4.69, 9.17) is 0 Å². The molecule has 0 radical (unpaired) electrons. The van der Waals surface area contributed by atoms with Crippen LogP contribution >= 0.6 is 0 Å². The van der Waals surface area contributed by atoms with Gasteiger partial charge < -0.3 is 5.11 Å². The van der Waals surface area contributed by atoms with E-state index in [1.807, 2.05) is 0 Å². The summed E-state index contributed by atoms with van der Waals surface area (Å²) in [6.45, 7) is 0. The Hall–Kier alpha value is -0.370. The highest BCUT2D eigenvalue weighted by atomic mass is 16.3. The zero-order valence-corrected chi connectivity index (χ0v) is 9.95. The van der Waals surface area contributed by atoms with Crippen LogP contribution in [0, 0.1) is 17.8 Å². The first-order valence-corrected chi connectivity index (χ1v) is 6.89. The molecule has 2 bridgehead atoms. The van der Waals surface area contributed by atoms with E-state index >= 15 is 0 Å². The van der Waals surface area contributed by atoms with Gasteiger partial charge in [0.25, 0.3) is 0 Å². The molecule has 0 aromatic heterocycles. The van der Waals surface area contributed by atoms with E-state index in [0.717, 1.165) is 37.0 Å². The van der Waals surface area contributed by atoms with Gasteiger partial charge in [-0.2, -0.15) is 0 Å². The summed E-state index contributed by atoms with van der Waals surface area (Å²) in [4.78, 5) is 11.2. The molecule has 0 spiro atoms. The summed E-state index contributed by atoms with van der Waals surface area (Å²) >= 11 is 0. The molecule has 0 aliphatic heterocycles. The molecular weight excluding hydrogens is 200 g/mol. The number of ketones is 1. The number of hydrogen-bond donors (Lipinski definition) is 1. The lowest BCUT2D eigenvalue weighted by atomic mass is 9.74. The molecule has 0 aromatic carbocycles. The molecule has 3 fully saturated rings. The van der Waals surface area contributed by atoms with Crippen LogP contribution in [-0.4, -0.2) is 16.5 Å². The predicted molar refractivity (Wildman–Crippen MR) is 62.0 cm³/mol. The zero-order valence-electron chi connectivity index (χ0n) is 9.95. The van der Waals surface area contributed by atoms with Crippen LogP contribution in [0.2, 0.25) is 0 Å². The van der Waals surface area contributed by atoms with Gasteiger partial charge in [0.1, 0.15) is 5.78 Å². The second-order valence-corrected chi connectivity index (χ2v) is 6.40. The minimum absolute atomic E-state index is 0.345. The van der Waals surface area contributed by atoms with Crippen molar-refractivity contribution >= 4 is 5.78 Å². The first-order chi connectivity index (χ1) is 7.65. The van der Waals surface area contributed by atoms with E-state index in [2.05, 4.69) is 0 Å². The van der Waals surface area contributed by atoms with E-state index in [-0.39, 0.29) is 0 Å². The van der Waals surface area contributed by atoms with E-state index in [9.17, 15) is 9.90 Å². The molecule has 3 aliphatic carbocycles. The fourth-order valence-electron chi connectivity index (χ4n) is 4.31. The maximum absolute atomic E-state index is 11.2. The fourth-order valence-corrected chi connectivity index (χ4v) is 4.31. The molecule has 3 rings (SSSR count). The van der Waals surface area contributed by atoms with E-state index in [0.29, 0.717) is 18.6 Å². The number of aliphatic hydroxyl groups is 1. The Labute approximate surface area is 97.4 Å². The van der Waals surface area contributed by atoms with Gasteiger partial charge in [0, 0.05) is 12.8 Å². The van der Waals surface area contributed by atoms with Crippen LogP contribution in [-0.2, 0) is 4.79 Å². The molecule has 90 valence electrons. The van der Waals surface area contributed by atoms with Crippen LogP contribution in [0.1, 0.15) is 57.8 Å². The summed E-state index contributed by atoms with van der Waals surface area (Å²) in [6, 6.07) is 0. The minimum Gasteiger partial charge on any atom is -0.390 e. The molecule has 2 nitrogen and oxygen atoms in total. The van der Waals surface area contributed by atoms with Gasteiger partial charge in [-0.15, -0.1) is 0 Å². The van der Waals surface area contributed by atoms with Crippen LogP contribution in [0.4, 0.5) is 0 Å². The number of fused-ring (bicyclic) bond motifs is 2. The molecule has 3 atom stereocenters. The van der Waals surface area contributed by atoms with Gasteiger partial charge in [-0.1, -0.05) is 6.42 Å². The third kappa shape index (κ3) is 1.92. The summed E-state index contributed by atoms with van der Waals surface area (Å²) in [5, 5.41) is 10.5. The third-order valence-electron chi connectivity index (χ3n) is 5.27. The first-order valence-electron chi connectivity index (χ1n) is 6.89. The van der Waals surface area contributed by atoms with Crippen LogP contribution < -0.4 is 0 Å². The average Bonchev–Trinajstić information content (AvgIpc) is 2.84. The maximum Gasteiger partial charge on any atom is 0.133 e. The molecule has 0 amide bonds. The molecule has 0 saturated heterocycles. The number of Topliss-reactive ketones (excluding diaryl/α,β-unsaturated/α-hetero) is 1. The van der Waals surface area contributed by atoms with E-state index < -0.39 is 5.60 Å². The van der Waals surface area contributed by atoms with Gasteiger partial charge >= 0.3 is 0 Å². The van der Waals surface area contributed by atoms with Crippen molar-refractivity contribution in [3.63, 3.8) is 0 Å². The summed E-state index contributed by atoms with van der Waals surface area (Å²) < 4.78 is 0. The van der Waals surface area contributed by atoms with Gasteiger partial charge in [0.15, 0.2) is 0 Å². The SMILES string of the molecule is O=C1CCC(O)(CC2CC3CCC2C3)CC1. The summed E-state index contributed by atoms with van der Waals surface area (Å²) in [6.07, 6.45) is 9.22. The van der Waals surface area contributed by atoms with Gasteiger partial charge in [-0.25, -0.2) is 0 Å². The Morgan fingerprint density at radius 3 is 2.50 bits per heavy atom. The van der Waals surface area contributed by atoms with Crippen molar-refractivity contribution in [3.05, 3.63) is 0 Å². The predicted octanol–water partition coefficient (Wildman–Crippen LogP) is 2.69. The smallest absolute Gasteiger partial charge is 0.133 e. The molecule has 1 N–H and O–H groups in total. The zero-order chi connectivity index (χ0) is 11.2. The van der Waals surface area contributed by atoms with Crippen molar-refractivity contribution in [1.82, 2.24) is 0 Å². The Balaban J connectivity index is 1.60. The summed E-state index contributed by atoms with van der Waals surface area (Å²) in [7, 11) is 0. The maximum atomic E-state index is 11.2. The largest absolute Gasteiger partial charge is 0.390 e. The average molecular weight is 222 g/mol. The van der Waals surface area contributed by atoms with Crippen molar-refractivity contribution in [2.24, 2.45) is 17.8 Å². The van der Waals surface area contributed by atoms with E-state index in [1.165, 1.54) is 25.7 Å². The molecule has 3 aliphatic rings. The molecular formula is C14H22O2. The summed E-state index contributed by atoms with van der Waals surface area (Å²) in [5.74, 6) is 2.96. The fraction of sp³-hybridized carbons (Fsp3) is 0.929. The van der Waals surface area contributed by atoms with Crippen molar-refractivity contribution in [1.29, 1.82) is 0 Å². The van der Waals surface area contributed by atoms with Crippen molar-refractivity contribution in [2.45, 2.75) is 63.4 Å². The normalized spacial score (nSPS) is 41.6. The molecule has 0 heterocycles. The highest BCUT2D eigenvalue weighted by Gasteiger charge is 2.44. The van der Waals surface area contributed by atoms with Gasteiger partial charge in [0.05, 0.1) is 5.60 Å². The molecule has 0 aromatic rings. The molecule has 2 heteroatoms. The number of hydrogen-bond acceptors (Lipinski definition) is 2. The van der Waals surface area contributed by atoms with Gasteiger partial charge in [0.2, 0.25) is 0 Å². The van der Waals surface area contributed by atoms with Crippen LogP contribution in [0.3, 0.4) is 0 Å². The Morgan fingerprint density at radius 2 is 1.94 bits per heavy atom. The highest BCUT2D eigenvalue weighted by molar-refractivity contribution is 5.79. The first kappa shape index (κ1) is 10.8.